The topological polar surface area (TPSA) is 63.4 Å². The molecule has 1 aliphatic carbocycles. The van der Waals surface area contributed by atoms with E-state index in [9.17, 15) is 9.59 Å². The number of nitrogens with two attached hydrogens (primary N) is 1. The van der Waals surface area contributed by atoms with E-state index in [2.05, 4.69) is 13.8 Å². The summed E-state index contributed by atoms with van der Waals surface area (Å²) >= 11 is 0. The summed E-state index contributed by atoms with van der Waals surface area (Å²) in [7, 11) is 0. The highest BCUT2D eigenvalue weighted by molar-refractivity contribution is 6.05. The minimum atomic E-state index is -0.0210. The minimum absolute atomic E-state index is 0.0210. The first-order valence-electron chi connectivity index (χ1n) is 7.15. The fraction of sp³-hybridized carbons (Fsp3) is 0.857. The minimum Gasteiger partial charge on any atom is -0.328 e. The van der Waals surface area contributed by atoms with E-state index < -0.39 is 0 Å². The van der Waals surface area contributed by atoms with Gasteiger partial charge in [0.2, 0.25) is 11.8 Å². The van der Waals surface area contributed by atoms with Gasteiger partial charge in [0.25, 0.3) is 0 Å². The van der Waals surface area contributed by atoms with Gasteiger partial charge >= 0.3 is 0 Å². The van der Waals surface area contributed by atoms with Crippen LogP contribution in [0.5, 0.6) is 0 Å². The molecule has 102 valence electrons. The van der Waals surface area contributed by atoms with Crippen molar-refractivity contribution < 1.29 is 9.59 Å². The van der Waals surface area contributed by atoms with Crippen LogP contribution >= 0.6 is 0 Å². The number of fused-ring (bicyclic) bond motifs is 1. The van der Waals surface area contributed by atoms with Gasteiger partial charge in [-0.2, -0.15) is 0 Å². The summed E-state index contributed by atoms with van der Waals surface area (Å²) in [6.45, 7) is 4.75. The fourth-order valence-electron chi connectivity index (χ4n) is 3.28. The Hall–Kier alpha value is -0.900. The van der Waals surface area contributed by atoms with Crippen molar-refractivity contribution in [1.82, 2.24) is 4.90 Å². The Morgan fingerprint density at radius 1 is 1.28 bits per heavy atom. The first kappa shape index (κ1) is 13.5. The lowest BCUT2D eigenvalue weighted by Gasteiger charge is -2.17. The van der Waals surface area contributed by atoms with Crippen molar-refractivity contribution in [2.75, 3.05) is 6.54 Å². The Bertz CT molecular complexity index is 319. The maximum atomic E-state index is 12.2. The molecule has 2 fully saturated rings. The van der Waals surface area contributed by atoms with Crippen LogP contribution in [0.3, 0.4) is 0 Å². The zero-order valence-corrected chi connectivity index (χ0v) is 11.4. The predicted octanol–water partition coefficient (Wildman–Crippen LogP) is 1.53. The molecule has 1 saturated carbocycles. The van der Waals surface area contributed by atoms with Crippen molar-refractivity contribution in [1.29, 1.82) is 0 Å². The average Bonchev–Trinajstić information content (AvgIpc) is 2.82. The van der Waals surface area contributed by atoms with E-state index in [1.165, 1.54) is 4.90 Å². The molecule has 4 nitrogen and oxygen atoms in total. The molecule has 4 heteroatoms. The second-order valence-corrected chi connectivity index (χ2v) is 5.93. The third-order valence-electron chi connectivity index (χ3n) is 4.45. The molecular formula is C14H24N2O2. The maximum Gasteiger partial charge on any atom is 0.233 e. The second-order valence-electron chi connectivity index (χ2n) is 5.93. The number of imide groups is 1. The van der Waals surface area contributed by atoms with Crippen LogP contribution in [0.1, 0.15) is 46.0 Å². The van der Waals surface area contributed by atoms with Crippen LogP contribution in [-0.2, 0) is 9.59 Å². The normalized spacial score (nSPS) is 33.1. The lowest BCUT2D eigenvalue weighted by atomic mass is 10.00. The van der Waals surface area contributed by atoms with Crippen LogP contribution in [0.2, 0.25) is 0 Å². The van der Waals surface area contributed by atoms with E-state index in [0.717, 1.165) is 32.1 Å². The van der Waals surface area contributed by atoms with Crippen molar-refractivity contribution in [3.05, 3.63) is 0 Å². The number of nitrogens with zero attached hydrogens (tertiary/aromatic N) is 1. The first-order valence-corrected chi connectivity index (χ1v) is 7.15. The third kappa shape index (κ3) is 2.44. The molecule has 3 atom stereocenters. The Kier molecular flexibility index (Phi) is 4.05. The summed E-state index contributed by atoms with van der Waals surface area (Å²) in [6.07, 6.45) is 4.45. The van der Waals surface area contributed by atoms with E-state index >= 15 is 0 Å². The summed E-state index contributed by atoms with van der Waals surface area (Å²) in [4.78, 5) is 25.8. The van der Waals surface area contributed by atoms with Gasteiger partial charge in [0, 0.05) is 12.6 Å². The van der Waals surface area contributed by atoms with Gasteiger partial charge in [-0.15, -0.1) is 0 Å². The number of rotatable bonds is 5. The molecule has 0 bridgehead atoms. The molecule has 18 heavy (non-hydrogen) atoms. The number of carbonyl (C=O) groups is 2. The molecule has 2 amide bonds. The fourth-order valence-corrected chi connectivity index (χ4v) is 3.28. The Morgan fingerprint density at radius 2 is 1.83 bits per heavy atom. The Balaban J connectivity index is 1.88. The highest BCUT2D eigenvalue weighted by Crippen LogP contribution is 2.42. The summed E-state index contributed by atoms with van der Waals surface area (Å²) in [6, 6.07) is 0.192. The molecule has 1 aliphatic heterocycles. The van der Waals surface area contributed by atoms with Crippen LogP contribution < -0.4 is 5.73 Å². The summed E-state index contributed by atoms with van der Waals surface area (Å²) in [5, 5.41) is 0. The van der Waals surface area contributed by atoms with Crippen molar-refractivity contribution in [2.45, 2.75) is 52.0 Å². The van der Waals surface area contributed by atoms with E-state index in [1.54, 1.807) is 0 Å². The average molecular weight is 252 g/mol. The first-order chi connectivity index (χ1) is 8.54. The number of amides is 2. The van der Waals surface area contributed by atoms with Gasteiger partial charge in [0.05, 0.1) is 11.8 Å². The summed E-state index contributed by atoms with van der Waals surface area (Å²) in [5.74, 6) is 0.613. The number of hydrogen-bond acceptors (Lipinski definition) is 3. The smallest absolute Gasteiger partial charge is 0.233 e. The summed E-state index contributed by atoms with van der Waals surface area (Å²) in [5.41, 5.74) is 5.85. The molecule has 3 unspecified atom stereocenters. The predicted molar refractivity (Wildman–Crippen MR) is 69.6 cm³/mol. The van der Waals surface area contributed by atoms with E-state index in [4.69, 9.17) is 5.73 Å². The van der Waals surface area contributed by atoms with E-state index in [0.29, 0.717) is 12.5 Å². The van der Waals surface area contributed by atoms with Crippen LogP contribution in [0.15, 0.2) is 0 Å². The molecule has 0 aromatic carbocycles. The highest BCUT2D eigenvalue weighted by atomic mass is 16.2. The standard InChI is InChI=1S/C14H24N2O2/c1-3-10(15)5-4-6-16-13(17)11-7-9(2)8-12(11)14(16)18/h9-12H,3-8,15H2,1-2H3. The highest BCUT2D eigenvalue weighted by Gasteiger charge is 2.51. The second kappa shape index (κ2) is 5.39. The Labute approximate surface area is 109 Å². The largest absolute Gasteiger partial charge is 0.328 e. The van der Waals surface area contributed by atoms with Gasteiger partial charge in [-0.25, -0.2) is 0 Å². The number of carbonyl (C=O) groups excluding carboxylic acids is 2. The molecular weight excluding hydrogens is 228 g/mol. The zero-order valence-electron chi connectivity index (χ0n) is 11.4. The van der Waals surface area contributed by atoms with Crippen LogP contribution in [-0.4, -0.2) is 29.3 Å². The van der Waals surface area contributed by atoms with Gasteiger partial charge < -0.3 is 5.73 Å². The van der Waals surface area contributed by atoms with Gasteiger partial charge in [-0.1, -0.05) is 13.8 Å². The number of hydrogen-bond donors (Lipinski definition) is 1. The Morgan fingerprint density at radius 3 is 2.33 bits per heavy atom. The molecule has 0 radical (unpaired) electrons. The summed E-state index contributed by atoms with van der Waals surface area (Å²) < 4.78 is 0. The quantitative estimate of drug-likeness (QED) is 0.755. The molecule has 2 N–H and O–H groups in total. The molecule has 2 aliphatic rings. The lowest BCUT2D eigenvalue weighted by Crippen LogP contribution is -2.34. The molecule has 0 spiro atoms. The molecule has 0 aromatic heterocycles. The van der Waals surface area contributed by atoms with Gasteiger partial charge in [-0.05, 0) is 38.0 Å². The molecule has 2 rings (SSSR count). The van der Waals surface area contributed by atoms with Crippen LogP contribution in [0.25, 0.3) is 0 Å². The maximum absolute atomic E-state index is 12.2. The molecule has 0 aromatic rings. The van der Waals surface area contributed by atoms with Crippen molar-refractivity contribution in [2.24, 2.45) is 23.5 Å². The van der Waals surface area contributed by atoms with Gasteiger partial charge in [0.1, 0.15) is 0 Å². The van der Waals surface area contributed by atoms with Crippen LogP contribution in [0, 0.1) is 17.8 Å². The monoisotopic (exact) mass is 252 g/mol. The number of likely N-dealkylation sites (tertiary alicyclic amines) is 1. The SMILES string of the molecule is CCC(N)CCCN1C(=O)C2CC(C)CC2C1=O. The molecule has 1 heterocycles. The van der Waals surface area contributed by atoms with Gasteiger partial charge in [0.15, 0.2) is 0 Å². The van der Waals surface area contributed by atoms with E-state index in [1.807, 2.05) is 0 Å². The third-order valence-corrected chi connectivity index (χ3v) is 4.45. The van der Waals surface area contributed by atoms with Crippen molar-refractivity contribution in [3.8, 4) is 0 Å². The lowest BCUT2D eigenvalue weighted by molar-refractivity contribution is -0.140. The van der Waals surface area contributed by atoms with Gasteiger partial charge in [-0.3, -0.25) is 14.5 Å². The van der Waals surface area contributed by atoms with E-state index in [-0.39, 0.29) is 29.7 Å². The van der Waals surface area contributed by atoms with Crippen LogP contribution in [0.4, 0.5) is 0 Å². The van der Waals surface area contributed by atoms with Crippen molar-refractivity contribution >= 4 is 11.8 Å². The molecule has 1 saturated heterocycles. The zero-order chi connectivity index (χ0) is 13.3. The van der Waals surface area contributed by atoms with Crippen molar-refractivity contribution in [3.63, 3.8) is 0 Å².